The van der Waals surface area contributed by atoms with Gasteiger partial charge in [0, 0.05) is 36.7 Å². The van der Waals surface area contributed by atoms with Crippen LogP contribution in [0.3, 0.4) is 0 Å². The maximum atomic E-state index is 12.0. The van der Waals surface area contributed by atoms with Crippen LogP contribution in [0, 0.1) is 5.92 Å². The molecule has 1 aromatic carbocycles. The van der Waals surface area contributed by atoms with Crippen molar-refractivity contribution in [3.63, 3.8) is 0 Å². The normalized spacial score (nSPS) is 13.7. The van der Waals surface area contributed by atoms with Gasteiger partial charge in [0.05, 0.1) is 6.04 Å². The molecule has 1 saturated carbocycles. The summed E-state index contributed by atoms with van der Waals surface area (Å²) in [7, 11) is 1.83. The zero-order valence-electron chi connectivity index (χ0n) is 25.0. The van der Waals surface area contributed by atoms with Crippen LogP contribution in [0.4, 0.5) is 16.2 Å². The Balaban J connectivity index is 0.000000893. The molecule has 10 heteroatoms. The van der Waals surface area contributed by atoms with Gasteiger partial charge < -0.3 is 30.8 Å². The molecule has 1 fully saturated rings. The highest BCUT2D eigenvalue weighted by Crippen LogP contribution is 2.27. The van der Waals surface area contributed by atoms with Crippen LogP contribution in [0.1, 0.15) is 91.9 Å². The number of anilines is 2. The molecule has 0 aromatic heterocycles. The molecular formula is C30H51BrN4O5. The number of benzene rings is 1. The van der Waals surface area contributed by atoms with Gasteiger partial charge in [0.2, 0.25) is 12.3 Å². The molecule has 0 aliphatic heterocycles. The number of hydrogen-bond donors (Lipinski definition) is 4. The van der Waals surface area contributed by atoms with Crippen molar-refractivity contribution in [2.45, 2.75) is 104 Å². The van der Waals surface area contributed by atoms with E-state index in [0.717, 1.165) is 42.3 Å². The van der Waals surface area contributed by atoms with Crippen LogP contribution in [0.25, 0.3) is 0 Å². The van der Waals surface area contributed by atoms with E-state index in [1.165, 1.54) is 32.1 Å². The summed E-state index contributed by atoms with van der Waals surface area (Å²) in [5.41, 5.74) is 1.28. The molecule has 0 spiro atoms. The van der Waals surface area contributed by atoms with E-state index >= 15 is 0 Å². The minimum absolute atomic E-state index is 0.0282. The fraction of sp³-hybridized carbons (Fsp3) is 0.667. The van der Waals surface area contributed by atoms with Crippen molar-refractivity contribution in [3.8, 4) is 0 Å². The Morgan fingerprint density at radius 2 is 1.75 bits per heavy atom. The van der Waals surface area contributed by atoms with Crippen LogP contribution in [-0.2, 0) is 19.1 Å². The molecule has 1 unspecified atom stereocenters. The zero-order valence-corrected chi connectivity index (χ0v) is 26.6. The monoisotopic (exact) mass is 626 g/mol. The second kappa shape index (κ2) is 23.1. The molecule has 2 rings (SSSR count). The van der Waals surface area contributed by atoms with Gasteiger partial charge in [-0.2, -0.15) is 0 Å². The number of ether oxygens (including phenoxy) is 1. The molecule has 0 bridgehead atoms. The van der Waals surface area contributed by atoms with Gasteiger partial charge in [-0.15, -0.1) is 0 Å². The molecule has 9 nitrogen and oxygen atoms in total. The lowest BCUT2D eigenvalue weighted by atomic mass is 9.86. The lowest BCUT2D eigenvalue weighted by molar-refractivity contribution is -0.124. The largest absolute Gasteiger partial charge is 0.444 e. The van der Waals surface area contributed by atoms with Crippen LogP contribution in [0.15, 0.2) is 24.3 Å². The highest BCUT2D eigenvalue weighted by Gasteiger charge is 2.17. The number of aldehydes is 1. The molecule has 228 valence electrons. The third-order valence-corrected chi connectivity index (χ3v) is 6.00. The van der Waals surface area contributed by atoms with Gasteiger partial charge in [0.25, 0.3) is 0 Å². The highest BCUT2D eigenvalue weighted by molar-refractivity contribution is 9.09. The first-order valence-corrected chi connectivity index (χ1v) is 15.5. The third-order valence-electron chi connectivity index (χ3n) is 6.00. The van der Waals surface area contributed by atoms with Crippen molar-refractivity contribution < 1.29 is 23.9 Å². The average molecular weight is 628 g/mol. The number of alkyl halides is 1. The quantitative estimate of drug-likeness (QED) is 0.114. The van der Waals surface area contributed by atoms with Gasteiger partial charge in [-0.25, -0.2) is 4.79 Å². The molecule has 1 aromatic rings. The van der Waals surface area contributed by atoms with Gasteiger partial charge in [-0.3, -0.25) is 9.59 Å². The van der Waals surface area contributed by atoms with Crippen molar-refractivity contribution in [2.75, 3.05) is 29.6 Å². The van der Waals surface area contributed by atoms with Crippen LogP contribution in [0.5, 0.6) is 0 Å². The fourth-order valence-electron chi connectivity index (χ4n) is 4.09. The standard InChI is InChI=1S/C20H36N2O4.C8H10N2O.C2H5Br/c1-20(2,3)26-19(25)21-14-8-7-11-17(15-23)22-18(24)13-12-16-9-5-4-6-10-16;1-9-7-3-2-4-8(5-7)10-6-11;1-2-3/h15-17H,4-14H2,1-3H3,(H,21,25)(H,22,24);2-6,9H,1H3,(H,10,11);2H2,1H3. The summed E-state index contributed by atoms with van der Waals surface area (Å²) in [6.45, 7) is 7.99. The van der Waals surface area contributed by atoms with E-state index in [2.05, 4.69) is 37.2 Å². The predicted octanol–water partition coefficient (Wildman–Crippen LogP) is 6.42. The van der Waals surface area contributed by atoms with Crippen molar-refractivity contribution in [1.82, 2.24) is 10.6 Å². The molecule has 1 aliphatic carbocycles. The molecule has 4 N–H and O–H groups in total. The van der Waals surface area contributed by atoms with Gasteiger partial charge in [-0.1, -0.05) is 61.0 Å². The van der Waals surface area contributed by atoms with Crippen molar-refractivity contribution in [2.24, 2.45) is 5.92 Å². The SMILES string of the molecule is CC(C)(C)OC(=O)NCCCCC(C=O)NC(=O)CCC1CCCCC1.CCBr.CNc1cccc(NC=O)c1. The summed E-state index contributed by atoms with van der Waals surface area (Å²) in [6, 6.07) is 7.05. The average Bonchev–Trinajstić information content (AvgIpc) is 2.92. The maximum Gasteiger partial charge on any atom is 0.407 e. The minimum Gasteiger partial charge on any atom is -0.444 e. The number of carbonyl (C=O) groups is 4. The van der Waals surface area contributed by atoms with E-state index in [1.807, 2.05) is 59.0 Å². The van der Waals surface area contributed by atoms with Gasteiger partial charge >= 0.3 is 6.09 Å². The van der Waals surface area contributed by atoms with Gasteiger partial charge in [-0.05, 0) is 70.6 Å². The van der Waals surface area contributed by atoms with Crippen molar-refractivity contribution >= 4 is 52.0 Å². The number of rotatable bonds is 13. The molecule has 0 heterocycles. The Kier molecular flexibility index (Phi) is 21.6. The summed E-state index contributed by atoms with van der Waals surface area (Å²) in [5.74, 6) is 0.641. The predicted molar refractivity (Wildman–Crippen MR) is 167 cm³/mol. The first-order valence-electron chi connectivity index (χ1n) is 14.3. The van der Waals surface area contributed by atoms with Crippen LogP contribution >= 0.6 is 15.9 Å². The third kappa shape index (κ3) is 21.2. The van der Waals surface area contributed by atoms with E-state index in [0.29, 0.717) is 31.7 Å². The lowest BCUT2D eigenvalue weighted by Crippen LogP contribution is -2.36. The number of alkyl carbamates (subject to hydrolysis) is 1. The van der Waals surface area contributed by atoms with Crippen molar-refractivity contribution in [1.29, 1.82) is 0 Å². The summed E-state index contributed by atoms with van der Waals surface area (Å²) in [6.07, 6.45) is 10.9. The van der Waals surface area contributed by atoms with Gasteiger partial charge in [0.15, 0.2) is 0 Å². The number of halogens is 1. The number of hydrogen-bond acceptors (Lipinski definition) is 6. The summed E-state index contributed by atoms with van der Waals surface area (Å²) >= 11 is 3.15. The Bertz CT molecular complexity index is 842. The molecule has 1 aliphatic rings. The Morgan fingerprint density at radius 3 is 2.33 bits per heavy atom. The Labute approximate surface area is 249 Å². The van der Waals surface area contributed by atoms with E-state index in [9.17, 15) is 19.2 Å². The molecule has 40 heavy (non-hydrogen) atoms. The summed E-state index contributed by atoms with van der Waals surface area (Å²) < 4.78 is 5.15. The van der Waals surface area contributed by atoms with Gasteiger partial charge in [0.1, 0.15) is 11.9 Å². The second-order valence-electron chi connectivity index (χ2n) is 10.6. The Morgan fingerprint density at radius 1 is 1.10 bits per heavy atom. The second-order valence-corrected chi connectivity index (χ2v) is 11.8. The number of carbonyl (C=O) groups excluding carboxylic acids is 4. The number of amides is 3. The minimum atomic E-state index is -0.505. The lowest BCUT2D eigenvalue weighted by Gasteiger charge is -2.21. The van der Waals surface area contributed by atoms with Crippen LogP contribution < -0.4 is 21.3 Å². The molecule has 0 saturated heterocycles. The summed E-state index contributed by atoms with van der Waals surface area (Å²) in [5, 5.41) is 12.1. The smallest absolute Gasteiger partial charge is 0.407 e. The first-order chi connectivity index (χ1) is 19.1. The van der Waals surface area contributed by atoms with E-state index in [4.69, 9.17) is 4.74 Å². The first kappa shape index (κ1) is 37.4. The van der Waals surface area contributed by atoms with Crippen LogP contribution in [0.2, 0.25) is 0 Å². The topological polar surface area (TPSA) is 126 Å². The molecule has 1 atom stereocenters. The molecular weight excluding hydrogens is 576 g/mol. The van der Waals surface area contributed by atoms with E-state index in [-0.39, 0.29) is 5.91 Å². The zero-order chi connectivity index (χ0) is 30.2. The number of nitrogens with one attached hydrogen (secondary N) is 4. The van der Waals surface area contributed by atoms with E-state index < -0.39 is 17.7 Å². The van der Waals surface area contributed by atoms with E-state index in [1.54, 1.807) is 0 Å². The van der Waals surface area contributed by atoms with Crippen LogP contribution in [-0.4, -0.2) is 55.3 Å². The van der Waals surface area contributed by atoms with Crippen molar-refractivity contribution in [3.05, 3.63) is 24.3 Å². The maximum absolute atomic E-state index is 12.0. The Hall–Kier alpha value is -2.62. The molecule has 3 amide bonds. The highest BCUT2D eigenvalue weighted by atomic mass is 79.9. The molecule has 0 radical (unpaired) electrons. The number of unbranched alkanes of at least 4 members (excludes halogenated alkanes) is 1. The fourth-order valence-corrected chi connectivity index (χ4v) is 4.09. The summed E-state index contributed by atoms with van der Waals surface area (Å²) in [4.78, 5) is 44.7.